The highest BCUT2D eigenvalue weighted by Crippen LogP contribution is 2.45. The largest absolute Gasteiger partial charge is 0.507 e. The summed E-state index contributed by atoms with van der Waals surface area (Å²) in [5.41, 5.74) is 6.29. The maximum atomic E-state index is 13.5. The lowest BCUT2D eigenvalue weighted by Crippen LogP contribution is -2.29. The number of rotatable bonds is 3. The van der Waals surface area contributed by atoms with Gasteiger partial charge in [-0.15, -0.1) is 11.3 Å². The molecule has 0 saturated carbocycles. The number of carbonyl (C=O) groups excluding carboxylic acids is 2. The summed E-state index contributed by atoms with van der Waals surface area (Å²) in [6, 6.07) is 13.0. The lowest BCUT2D eigenvalue weighted by molar-refractivity contribution is -0.132. The maximum absolute atomic E-state index is 13.5. The van der Waals surface area contributed by atoms with Gasteiger partial charge in [0.2, 0.25) is 0 Å². The van der Waals surface area contributed by atoms with E-state index in [0.717, 1.165) is 32.7 Å². The molecule has 1 fully saturated rings. The van der Waals surface area contributed by atoms with Crippen LogP contribution < -0.4 is 4.90 Å². The zero-order valence-electron chi connectivity index (χ0n) is 20.8. The Morgan fingerprint density at radius 1 is 0.882 bits per heavy atom. The van der Waals surface area contributed by atoms with E-state index in [0.29, 0.717) is 11.3 Å². The number of anilines is 1. The van der Waals surface area contributed by atoms with E-state index < -0.39 is 17.7 Å². The van der Waals surface area contributed by atoms with E-state index >= 15 is 0 Å². The molecule has 34 heavy (non-hydrogen) atoms. The van der Waals surface area contributed by atoms with E-state index in [2.05, 4.69) is 20.8 Å². The fourth-order valence-electron chi connectivity index (χ4n) is 4.38. The number of nitrogens with zero attached hydrogens (tertiary/aromatic N) is 1. The van der Waals surface area contributed by atoms with Crippen molar-refractivity contribution in [1.82, 2.24) is 0 Å². The van der Waals surface area contributed by atoms with Gasteiger partial charge in [-0.05, 0) is 90.6 Å². The number of thiophene rings is 1. The molecule has 0 aliphatic carbocycles. The van der Waals surface area contributed by atoms with Crippen LogP contribution in [-0.4, -0.2) is 16.8 Å². The molecule has 176 valence electrons. The Morgan fingerprint density at radius 2 is 1.56 bits per heavy atom. The minimum Gasteiger partial charge on any atom is -0.507 e. The van der Waals surface area contributed by atoms with Crippen molar-refractivity contribution in [2.75, 3.05) is 4.90 Å². The number of Topliss-reactive ketones (excluding diaryl/α,β-unsaturated/α-hetero) is 1. The van der Waals surface area contributed by atoms with Crippen LogP contribution in [0.1, 0.15) is 65.1 Å². The van der Waals surface area contributed by atoms with Crippen LogP contribution in [0.4, 0.5) is 5.69 Å². The molecule has 1 aliphatic rings. The molecule has 2 aromatic carbocycles. The van der Waals surface area contributed by atoms with Gasteiger partial charge in [0.25, 0.3) is 11.7 Å². The SMILES string of the molecule is Cc1ccc(N2C(=O)C(=O)/C(=C(/O)c3cc(C(C)(C)C)ccc3C)C2c2sccc2C)cc1C. The monoisotopic (exact) mass is 473 g/mol. The summed E-state index contributed by atoms with van der Waals surface area (Å²) in [6.07, 6.45) is 0. The van der Waals surface area contributed by atoms with Crippen molar-refractivity contribution in [2.45, 2.75) is 59.9 Å². The van der Waals surface area contributed by atoms with E-state index in [1.54, 1.807) is 4.90 Å². The Balaban J connectivity index is 1.99. The van der Waals surface area contributed by atoms with Gasteiger partial charge in [-0.1, -0.05) is 39.0 Å². The lowest BCUT2D eigenvalue weighted by Gasteiger charge is -2.26. The minimum absolute atomic E-state index is 0.119. The van der Waals surface area contributed by atoms with Crippen LogP contribution in [0.15, 0.2) is 53.4 Å². The molecule has 5 heteroatoms. The van der Waals surface area contributed by atoms with Crippen LogP contribution in [0, 0.1) is 27.7 Å². The van der Waals surface area contributed by atoms with Gasteiger partial charge in [0.1, 0.15) is 11.8 Å². The van der Waals surface area contributed by atoms with Crippen LogP contribution in [0.5, 0.6) is 0 Å². The van der Waals surface area contributed by atoms with Crippen LogP contribution in [0.25, 0.3) is 5.76 Å². The Hall–Kier alpha value is -3.18. The van der Waals surface area contributed by atoms with Gasteiger partial charge in [0.05, 0.1) is 5.57 Å². The van der Waals surface area contributed by atoms with Gasteiger partial charge in [0.15, 0.2) is 0 Å². The number of amides is 1. The summed E-state index contributed by atoms with van der Waals surface area (Å²) >= 11 is 1.49. The molecule has 1 unspecified atom stereocenters. The first kappa shape index (κ1) is 24.0. The fourth-order valence-corrected chi connectivity index (χ4v) is 5.40. The molecule has 1 N–H and O–H groups in total. The summed E-state index contributed by atoms with van der Waals surface area (Å²) in [4.78, 5) is 29.3. The van der Waals surface area contributed by atoms with E-state index in [1.807, 2.05) is 75.5 Å². The highest BCUT2D eigenvalue weighted by Gasteiger charge is 2.48. The number of aliphatic hydroxyl groups is 1. The Bertz CT molecular complexity index is 1340. The number of ketones is 1. The smallest absolute Gasteiger partial charge is 0.300 e. The second kappa shape index (κ2) is 8.55. The van der Waals surface area contributed by atoms with Gasteiger partial charge in [-0.25, -0.2) is 0 Å². The van der Waals surface area contributed by atoms with Gasteiger partial charge in [0, 0.05) is 16.1 Å². The van der Waals surface area contributed by atoms with E-state index in [9.17, 15) is 14.7 Å². The molecular formula is C29H31NO3S. The van der Waals surface area contributed by atoms with Crippen molar-refractivity contribution in [2.24, 2.45) is 0 Å². The molecule has 1 aromatic heterocycles. The first-order valence-corrected chi connectivity index (χ1v) is 12.3. The summed E-state index contributed by atoms with van der Waals surface area (Å²) in [5.74, 6) is -1.40. The molecule has 4 rings (SSSR count). The molecule has 0 bridgehead atoms. The van der Waals surface area contributed by atoms with Crippen molar-refractivity contribution in [1.29, 1.82) is 0 Å². The minimum atomic E-state index is -0.681. The Labute approximate surface area is 205 Å². The van der Waals surface area contributed by atoms with Crippen molar-refractivity contribution in [3.05, 3.63) is 91.7 Å². The highest BCUT2D eigenvalue weighted by molar-refractivity contribution is 7.10. The normalized spacial score (nSPS) is 18.1. The number of hydrogen-bond donors (Lipinski definition) is 1. The van der Waals surface area contributed by atoms with E-state index in [1.165, 1.54) is 11.3 Å². The summed E-state index contributed by atoms with van der Waals surface area (Å²) in [5, 5.41) is 13.5. The molecule has 0 spiro atoms. The summed E-state index contributed by atoms with van der Waals surface area (Å²) in [7, 11) is 0. The Kier molecular flexibility index (Phi) is 6.03. The van der Waals surface area contributed by atoms with Gasteiger partial charge in [-0.3, -0.25) is 14.5 Å². The average Bonchev–Trinajstić information content (AvgIpc) is 3.29. The van der Waals surface area contributed by atoms with Crippen molar-refractivity contribution >= 4 is 34.5 Å². The van der Waals surface area contributed by atoms with Gasteiger partial charge in [-0.2, -0.15) is 0 Å². The first-order valence-electron chi connectivity index (χ1n) is 11.5. The molecule has 3 aromatic rings. The molecule has 0 radical (unpaired) electrons. The zero-order chi connectivity index (χ0) is 24.9. The predicted molar refractivity (Wildman–Crippen MR) is 140 cm³/mol. The number of aryl methyl sites for hydroxylation is 4. The maximum Gasteiger partial charge on any atom is 0.300 e. The average molecular weight is 474 g/mol. The second-order valence-corrected chi connectivity index (χ2v) is 11.1. The molecular weight excluding hydrogens is 442 g/mol. The van der Waals surface area contributed by atoms with Crippen molar-refractivity contribution < 1.29 is 14.7 Å². The molecule has 4 nitrogen and oxygen atoms in total. The van der Waals surface area contributed by atoms with Crippen LogP contribution in [0.3, 0.4) is 0 Å². The van der Waals surface area contributed by atoms with Crippen LogP contribution in [-0.2, 0) is 15.0 Å². The summed E-state index contributed by atoms with van der Waals surface area (Å²) < 4.78 is 0. The van der Waals surface area contributed by atoms with Gasteiger partial charge >= 0.3 is 0 Å². The molecule has 2 heterocycles. The molecule has 1 atom stereocenters. The fraction of sp³-hybridized carbons (Fsp3) is 0.310. The lowest BCUT2D eigenvalue weighted by atomic mass is 9.84. The van der Waals surface area contributed by atoms with Crippen molar-refractivity contribution in [3.8, 4) is 0 Å². The number of hydrogen-bond acceptors (Lipinski definition) is 4. The van der Waals surface area contributed by atoms with Gasteiger partial charge < -0.3 is 5.11 Å². The number of benzene rings is 2. The van der Waals surface area contributed by atoms with Crippen LogP contribution >= 0.6 is 11.3 Å². The predicted octanol–water partition coefficient (Wildman–Crippen LogP) is 6.91. The quantitative estimate of drug-likeness (QED) is 0.256. The topological polar surface area (TPSA) is 57.6 Å². The molecule has 1 saturated heterocycles. The second-order valence-electron chi connectivity index (χ2n) is 10.2. The standard InChI is InChI=1S/C29H31NO3S/c1-16-9-11-21(14-19(16)4)30-24(27-18(3)12-13-34-27)23(26(32)28(30)33)25(31)22-15-20(29(5,6)7)10-8-17(22)2/h8-15,24,31H,1-7H3/b25-23+. The first-order chi connectivity index (χ1) is 15.9. The van der Waals surface area contributed by atoms with Crippen LogP contribution in [0.2, 0.25) is 0 Å². The third-order valence-electron chi connectivity index (χ3n) is 6.72. The third-order valence-corrected chi connectivity index (χ3v) is 7.79. The summed E-state index contributed by atoms with van der Waals surface area (Å²) in [6.45, 7) is 14.2. The number of carbonyl (C=O) groups is 2. The van der Waals surface area contributed by atoms with E-state index in [-0.39, 0.29) is 16.7 Å². The van der Waals surface area contributed by atoms with Crippen molar-refractivity contribution in [3.63, 3.8) is 0 Å². The Morgan fingerprint density at radius 3 is 2.15 bits per heavy atom. The number of aliphatic hydroxyl groups excluding tert-OH is 1. The third kappa shape index (κ3) is 3.98. The van der Waals surface area contributed by atoms with E-state index in [4.69, 9.17) is 0 Å². The molecule has 1 aliphatic heterocycles. The highest BCUT2D eigenvalue weighted by atomic mass is 32.1. The zero-order valence-corrected chi connectivity index (χ0v) is 21.6. The molecule has 1 amide bonds.